The third-order valence-corrected chi connectivity index (χ3v) is 10.4. The van der Waals surface area contributed by atoms with E-state index in [1.165, 1.54) is 77.0 Å². The monoisotopic (exact) mass is 837 g/mol. The molecule has 6 heteroatoms. The fourth-order valence-corrected chi connectivity index (χ4v) is 6.71. The fourth-order valence-electron chi connectivity index (χ4n) is 6.71. The second-order valence-electron chi connectivity index (χ2n) is 16.3. The Hall–Kier alpha value is -3.15. The summed E-state index contributed by atoms with van der Waals surface area (Å²) in [6.07, 6.45) is 60.8. The zero-order valence-electron chi connectivity index (χ0n) is 39.2. The molecule has 1 atom stereocenters. The Morgan fingerprint density at radius 1 is 0.350 bits per heavy atom. The minimum atomic E-state index is -0.774. The molecule has 0 spiro atoms. The van der Waals surface area contributed by atoms with E-state index < -0.39 is 6.10 Å². The molecule has 0 N–H and O–H groups in total. The molecule has 0 bridgehead atoms. The SMILES string of the molecule is CC/C=C\C/C=C\C/C=C\C/C=C\C/C=C\CCCCCCCCCCCCCC(=O)OCC(COC(=O)CCCCCCC)OC(=O)CCCCCCC/C=C\CCC. The van der Waals surface area contributed by atoms with Gasteiger partial charge in [0, 0.05) is 19.3 Å². The van der Waals surface area contributed by atoms with Crippen LogP contribution in [0.3, 0.4) is 0 Å². The van der Waals surface area contributed by atoms with Crippen LogP contribution < -0.4 is 0 Å². The smallest absolute Gasteiger partial charge is 0.306 e. The van der Waals surface area contributed by atoms with Crippen molar-refractivity contribution in [3.63, 3.8) is 0 Å². The number of unbranched alkanes of at least 4 members (excludes halogenated alkanes) is 21. The first-order chi connectivity index (χ1) is 29.5. The molecule has 6 nitrogen and oxygen atoms in total. The van der Waals surface area contributed by atoms with Crippen molar-refractivity contribution in [2.45, 2.75) is 239 Å². The minimum absolute atomic E-state index is 0.0799. The van der Waals surface area contributed by atoms with Crippen LogP contribution in [0, 0.1) is 0 Å². The average molecular weight is 837 g/mol. The molecule has 0 aromatic carbocycles. The second kappa shape index (κ2) is 48.5. The van der Waals surface area contributed by atoms with Crippen LogP contribution in [0.15, 0.2) is 72.9 Å². The molecule has 0 aromatic heterocycles. The van der Waals surface area contributed by atoms with E-state index in [2.05, 4.69) is 93.7 Å². The van der Waals surface area contributed by atoms with Crippen molar-refractivity contribution < 1.29 is 28.6 Å². The summed E-state index contributed by atoms with van der Waals surface area (Å²) in [6.45, 7) is 6.36. The second-order valence-corrected chi connectivity index (χ2v) is 16.3. The van der Waals surface area contributed by atoms with E-state index in [0.29, 0.717) is 19.3 Å². The molecule has 0 radical (unpaired) electrons. The summed E-state index contributed by atoms with van der Waals surface area (Å²) in [5.74, 6) is -0.910. The number of hydrogen-bond acceptors (Lipinski definition) is 6. The van der Waals surface area contributed by atoms with Crippen molar-refractivity contribution >= 4 is 17.9 Å². The number of carbonyl (C=O) groups is 3. The van der Waals surface area contributed by atoms with Crippen LogP contribution in [-0.4, -0.2) is 37.2 Å². The van der Waals surface area contributed by atoms with Crippen LogP contribution in [0.4, 0.5) is 0 Å². The van der Waals surface area contributed by atoms with Crippen LogP contribution in [0.5, 0.6) is 0 Å². The van der Waals surface area contributed by atoms with Crippen molar-refractivity contribution in [1.82, 2.24) is 0 Å². The third kappa shape index (κ3) is 45.9. The molecule has 0 aromatic rings. The van der Waals surface area contributed by atoms with Crippen molar-refractivity contribution in [3.05, 3.63) is 72.9 Å². The Balaban J connectivity index is 4.03. The molecular formula is C54H92O6. The molecule has 60 heavy (non-hydrogen) atoms. The Morgan fingerprint density at radius 2 is 0.683 bits per heavy atom. The van der Waals surface area contributed by atoms with Gasteiger partial charge in [0.1, 0.15) is 13.2 Å². The molecule has 0 aliphatic heterocycles. The van der Waals surface area contributed by atoms with Crippen molar-refractivity contribution in [2.75, 3.05) is 13.2 Å². The summed E-state index contributed by atoms with van der Waals surface area (Å²) in [5.41, 5.74) is 0. The average Bonchev–Trinajstić information content (AvgIpc) is 3.24. The standard InChI is InChI=1S/C54H92O6/c1-4-7-10-13-15-17-19-20-21-22-23-24-25-26-27-28-29-30-31-32-33-34-35-37-38-41-44-47-53(56)59-50-51(49-58-52(55)46-43-40-12-9-6-3)60-54(57)48-45-42-39-36-18-16-14-11-8-5-2/h7,10-11,14-15,17,20-21,23-24,26-27,51H,4-6,8-9,12-13,16,18-19,22,25,28-50H2,1-3H3/b10-7-,14-11-,17-15-,21-20-,24-23-,27-26-. The first-order valence-electron chi connectivity index (χ1n) is 24.9. The molecule has 0 saturated heterocycles. The van der Waals surface area contributed by atoms with Crippen LogP contribution >= 0.6 is 0 Å². The first-order valence-corrected chi connectivity index (χ1v) is 24.9. The highest BCUT2D eigenvalue weighted by Crippen LogP contribution is 2.14. The van der Waals surface area contributed by atoms with Gasteiger partial charge in [-0.1, -0.05) is 203 Å². The Kier molecular flexibility index (Phi) is 46.0. The summed E-state index contributed by atoms with van der Waals surface area (Å²) in [7, 11) is 0. The zero-order valence-corrected chi connectivity index (χ0v) is 39.2. The van der Waals surface area contributed by atoms with E-state index in [-0.39, 0.29) is 31.1 Å². The van der Waals surface area contributed by atoms with Gasteiger partial charge in [0.25, 0.3) is 0 Å². The van der Waals surface area contributed by atoms with Crippen LogP contribution in [0.25, 0.3) is 0 Å². The highest BCUT2D eigenvalue weighted by atomic mass is 16.6. The minimum Gasteiger partial charge on any atom is -0.462 e. The lowest BCUT2D eigenvalue weighted by Gasteiger charge is -2.18. The summed E-state index contributed by atoms with van der Waals surface area (Å²) in [6, 6.07) is 0. The molecule has 0 amide bonds. The summed E-state index contributed by atoms with van der Waals surface area (Å²) < 4.78 is 16.6. The predicted molar refractivity (Wildman–Crippen MR) is 256 cm³/mol. The fraction of sp³-hybridized carbons (Fsp3) is 0.722. The molecule has 0 heterocycles. The van der Waals surface area contributed by atoms with Crippen molar-refractivity contribution in [2.24, 2.45) is 0 Å². The van der Waals surface area contributed by atoms with E-state index in [4.69, 9.17) is 14.2 Å². The van der Waals surface area contributed by atoms with E-state index in [9.17, 15) is 14.4 Å². The maximum atomic E-state index is 12.6. The lowest BCUT2D eigenvalue weighted by Crippen LogP contribution is -2.30. The molecule has 0 rings (SSSR count). The molecule has 0 fully saturated rings. The van der Waals surface area contributed by atoms with Gasteiger partial charge in [-0.25, -0.2) is 0 Å². The van der Waals surface area contributed by atoms with Gasteiger partial charge in [-0.3, -0.25) is 14.4 Å². The van der Waals surface area contributed by atoms with Gasteiger partial charge in [-0.2, -0.15) is 0 Å². The Labute approximate surface area is 370 Å². The van der Waals surface area contributed by atoms with Crippen molar-refractivity contribution in [1.29, 1.82) is 0 Å². The normalized spacial score (nSPS) is 12.7. The Bertz CT molecular complexity index is 1140. The highest BCUT2D eigenvalue weighted by Gasteiger charge is 2.19. The quantitative estimate of drug-likeness (QED) is 0.0263. The maximum Gasteiger partial charge on any atom is 0.306 e. The number of allylic oxidation sites excluding steroid dienone is 12. The van der Waals surface area contributed by atoms with Gasteiger partial charge in [0.15, 0.2) is 6.10 Å². The Morgan fingerprint density at radius 3 is 1.10 bits per heavy atom. The van der Waals surface area contributed by atoms with Crippen LogP contribution in [0.2, 0.25) is 0 Å². The summed E-state index contributed by atoms with van der Waals surface area (Å²) >= 11 is 0. The lowest BCUT2D eigenvalue weighted by molar-refractivity contribution is -0.167. The number of carbonyl (C=O) groups excluding carboxylic acids is 3. The molecule has 1 unspecified atom stereocenters. The van der Waals surface area contributed by atoms with Crippen LogP contribution in [-0.2, 0) is 28.6 Å². The van der Waals surface area contributed by atoms with Gasteiger partial charge < -0.3 is 14.2 Å². The van der Waals surface area contributed by atoms with Gasteiger partial charge >= 0.3 is 17.9 Å². The van der Waals surface area contributed by atoms with E-state index in [1.807, 2.05) is 0 Å². The zero-order chi connectivity index (χ0) is 43.7. The summed E-state index contributed by atoms with van der Waals surface area (Å²) in [4.78, 5) is 37.5. The molecule has 0 aliphatic carbocycles. The number of esters is 3. The van der Waals surface area contributed by atoms with Gasteiger partial charge in [0.05, 0.1) is 0 Å². The topological polar surface area (TPSA) is 78.9 Å². The number of ether oxygens (including phenoxy) is 3. The molecule has 0 aliphatic rings. The van der Waals surface area contributed by atoms with Gasteiger partial charge in [-0.05, 0) is 83.5 Å². The van der Waals surface area contributed by atoms with E-state index in [0.717, 1.165) is 116 Å². The predicted octanol–water partition coefficient (Wildman–Crippen LogP) is 16.3. The van der Waals surface area contributed by atoms with Gasteiger partial charge in [-0.15, -0.1) is 0 Å². The van der Waals surface area contributed by atoms with Gasteiger partial charge in [0.2, 0.25) is 0 Å². The summed E-state index contributed by atoms with van der Waals surface area (Å²) in [5, 5.41) is 0. The van der Waals surface area contributed by atoms with Crippen LogP contribution in [0.1, 0.15) is 233 Å². The molecular weight excluding hydrogens is 745 g/mol. The van der Waals surface area contributed by atoms with Crippen molar-refractivity contribution in [3.8, 4) is 0 Å². The lowest BCUT2D eigenvalue weighted by atomic mass is 10.0. The number of hydrogen-bond donors (Lipinski definition) is 0. The molecule has 344 valence electrons. The molecule has 0 saturated carbocycles. The maximum absolute atomic E-state index is 12.6. The van der Waals surface area contributed by atoms with E-state index >= 15 is 0 Å². The largest absolute Gasteiger partial charge is 0.462 e. The first kappa shape index (κ1) is 56.9. The van der Waals surface area contributed by atoms with E-state index in [1.54, 1.807) is 0 Å². The number of rotatable bonds is 44. The highest BCUT2D eigenvalue weighted by molar-refractivity contribution is 5.71. The third-order valence-electron chi connectivity index (χ3n) is 10.4.